The average Bonchev–Trinajstić information content (AvgIpc) is 3.33. The number of benzene rings is 2. The van der Waals surface area contributed by atoms with Crippen molar-refractivity contribution in [3.63, 3.8) is 0 Å². The number of thiophene rings is 1. The Morgan fingerprint density at radius 1 is 1.03 bits per heavy atom. The van der Waals surface area contributed by atoms with Crippen molar-refractivity contribution in [2.45, 2.75) is 23.9 Å². The van der Waals surface area contributed by atoms with Crippen LogP contribution in [-0.4, -0.2) is 39.6 Å². The third kappa shape index (κ3) is 4.34. The number of fused-ring (bicyclic) bond motifs is 2. The molecule has 0 radical (unpaired) electrons. The summed E-state index contributed by atoms with van der Waals surface area (Å²) >= 11 is 1.63. The fourth-order valence-corrected chi connectivity index (χ4v) is 5.93. The van der Waals surface area contributed by atoms with E-state index in [-0.39, 0.29) is 10.9 Å². The molecular weight excluding hydrogens is 432 g/mol. The van der Waals surface area contributed by atoms with Gasteiger partial charge in [0.15, 0.2) is 11.5 Å². The van der Waals surface area contributed by atoms with Crippen molar-refractivity contribution in [1.82, 2.24) is 9.62 Å². The van der Waals surface area contributed by atoms with E-state index in [4.69, 9.17) is 9.47 Å². The minimum absolute atomic E-state index is 0.0356. The number of nitrogens with one attached hydrogen (secondary N) is 1. The third-order valence-corrected chi connectivity index (χ3v) is 7.94. The van der Waals surface area contributed by atoms with Crippen LogP contribution in [0.25, 0.3) is 0 Å². The van der Waals surface area contributed by atoms with E-state index in [2.05, 4.69) is 45.3 Å². The maximum absolute atomic E-state index is 13.0. The summed E-state index contributed by atoms with van der Waals surface area (Å²) in [5.41, 5.74) is 3.82. The lowest BCUT2D eigenvalue weighted by atomic mass is 9.97. The molecule has 0 spiro atoms. The van der Waals surface area contributed by atoms with Crippen LogP contribution in [0.4, 0.5) is 0 Å². The standard InChI is InChI=1S/C23H24N2O4S2/c26-31(27,20-5-6-22-23(13-20)29-11-10-28-22)24-14-21(19-8-12-30-16-19)25-9-7-17-3-1-2-4-18(17)15-25/h1-6,8,12-13,16,21,24H,7,9-11,14-15H2/t21-/m0/s1. The Kier molecular flexibility index (Phi) is 5.71. The first kappa shape index (κ1) is 20.5. The molecule has 1 atom stereocenters. The highest BCUT2D eigenvalue weighted by Crippen LogP contribution is 2.33. The van der Waals surface area contributed by atoms with E-state index in [0.29, 0.717) is 31.3 Å². The van der Waals surface area contributed by atoms with Gasteiger partial charge in [-0.2, -0.15) is 11.3 Å². The highest BCUT2D eigenvalue weighted by Gasteiger charge is 2.27. The summed E-state index contributed by atoms with van der Waals surface area (Å²) in [6, 6.07) is 15.3. The van der Waals surface area contributed by atoms with E-state index in [9.17, 15) is 8.42 Å². The first-order valence-electron chi connectivity index (χ1n) is 10.3. The number of hydrogen-bond donors (Lipinski definition) is 1. The zero-order chi connectivity index (χ0) is 21.3. The summed E-state index contributed by atoms with van der Waals surface area (Å²) in [6.07, 6.45) is 0.964. The molecular formula is C23H24N2O4S2. The van der Waals surface area contributed by atoms with E-state index in [1.807, 2.05) is 5.38 Å². The second-order valence-corrected chi connectivity index (χ2v) is 10.3. The van der Waals surface area contributed by atoms with Crippen LogP contribution in [-0.2, 0) is 23.0 Å². The van der Waals surface area contributed by atoms with E-state index in [1.54, 1.807) is 23.5 Å². The van der Waals surface area contributed by atoms with Crippen LogP contribution in [0, 0.1) is 0 Å². The summed E-state index contributed by atoms with van der Waals surface area (Å²) < 4.78 is 40.0. The van der Waals surface area contributed by atoms with Crippen molar-refractivity contribution < 1.29 is 17.9 Å². The molecule has 6 nitrogen and oxygen atoms in total. The maximum Gasteiger partial charge on any atom is 0.240 e. The van der Waals surface area contributed by atoms with E-state index in [1.165, 1.54) is 17.2 Å². The van der Waals surface area contributed by atoms with Crippen LogP contribution in [0.15, 0.2) is 64.2 Å². The number of nitrogens with zero attached hydrogens (tertiary/aromatic N) is 1. The minimum Gasteiger partial charge on any atom is -0.486 e. The van der Waals surface area contributed by atoms with Gasteiger partial charge in [0.1, 0.15) is 13.2 Å². The van der Waals surface area contributed by atoms with Gasteiger partial charge in [-0.05, 0) is 52.1 Å². The first-order valence-corrected chi connectivity index (χ1v) is 12.7. The van der Waals surface area contributed by atoms with Gasteiger partial charge in [0.2, 0.25) is 10.0 Å². The predicted octanol–water partition coefficient (Wildman–Crippen LogP) is 3.60. The first-order chi connectivity index (χ1) is 15.1. The van der Waals surface area contributed by atoms with Crippen LogP contribution in [0.5, 0.6) is 11.5 Å². The van der Waals surface area contributed by atoms with Crippen LogP contribution >= 0.6 is 11.3 Å². The predicted molar refractivity (Wildman–Crippen MR) is 120 cm³/mol. The molecule has 3 heterocycles. The van der Waals surface area contributed by atoms with Gasteiger partial charge in [-0.25, -0.2) is 13.1 Å². The van der Waals surface area contributed by atoms with Crippen molar-refractivity contribution >= 4 is 21.4 Å². The minimum atomic E-state index is -3.69. The molecule has 8 heteroatoms. The van der Waals surface area contributed by atoms with Gasteiger partial charge in [0, 0.05) is 31.7 Å². The lowest BCUT2D eigenvalue weighted by molar-refractivity contribution is 0.171. The summed E-state index contributed by atoms with van der Waals surface area (Å²) in [5.74, 6) is 1.05. The highest BCUT2D eigenvalue weighted by molar-refractivity contribution is 7.89. The molecule has 3 aromatic rings. The molecule has 2 aromatic carbocycles. The summed E-state index contributed by atoms with van der Waals surface area (Å²) in [7, 11) is -3.69. The third-order valence-electron chi connectivity index (χ3n) is 5.82. The van der Waals surface area contributed by atoms with Gasteiger partial charge in [0.05, 0.1) is 4.90 Å². The lowest BCUT2D eigenvalue weighted by Gasteiger charge is -2.35. The molecule has 1 aromatic heterocycles. The van der Waals surface area contributed by atoms with Crippen LogP contribution in [0.2, 0.25) is 0 Å². The summed E-state index contributed by atoms with van der Waals surface area (Å²) in [5, 5.41) is 4.14. The molecule has 1 N–H and O–H groups in total. The molecule has 0 saturated heterocycles. The van der Waals surface area contributed by atoms with Crippen molar-refractivity contribution in [3.8, 4) is 11.5 Å². The van der Waals surface area contributed by atoms with Gasteiger partial charge in [-0.3, -0.25) is 4.90 Å². The Morgan fingerprint density at radius 2 is 1.84 bits per heavy atom. The Balaban J connectivity index is 1.36. The van der Waals surface area contributed by atoms with Gasteiger partial charge >= 0.3 is 0 Å². The molecule has 0 fully saturated rings. The van der Waals surface area contributed by atoms with Crippen LogP contribution < -0.4 is 14.2 Å². The van der Waals surface area contributed by atoms with Crippen LogP contribution in [0.3, 0.4) is 0 Å². The number of rotatable bonds is 6. The second kappa shape index (κ2) is 8.63. The molecule has 2 aliphatic heterocycles. The molecule has 5 rings (SSSR count). The fraction of sp³-hybridized carbons (Fsp3) is 0.304. The van der Waals surface area contributed by atoms with Gasteiger partial charge < -0.3 is 9.47 Å². The van der Waals surface area contributed by atoms with E-state index >= 15 is 0 Å². The van der Waals surface area contributed by atoms with Crippen molar-refractivity contribution in [3.05, 3.63) is 76.0 Å². The molecule has 0 aliphatic carbocycles. The fourth-order valence-electron chi connectivity index (χ4n) is 4.17. The zero-order valence-electron chi connectivity index (χ0n) is 17.0. The molecule has 31 heavy (non-hydrogen) atoms. The average molecular weight is 457 g/mol. The summed E-state index contributed by atoms with van der Waals surface area (Å²) in [4.78, 5) is 2.54. The monoisotopic (exact) mass is 456 g/mol. The number of ether oxygens (including phenoxy) is 2. The smallest absolute Gasteiger partial charge is 0.240 e. The molecule has 162 valence electrons. The molecule has 0 amide bonds. The van der Waals surface area contributed by atoms with Crippen molar-refractivity contribution in [2.24, 2.45) is 0 Å². The normalized spacial score (nSPS) is 17.2. The quantitative estimate of drug-likeness (QED) is 0.614. The van der Waals surface area contributed by atoms with Crippen molar-refractivity contribution in [2.75, 3.05) is 26.3 Å². The Morgan fingerprint density at radius 3 is 2.65 bits per heavy atom. The zero-order valence-corrected chi connectivity index (χ0v) is 18.6. The SMILES string of the molecule is O=S(=O)(NC[C@@H](c1ccsc1)N1CCc2ccccc2C1)c1ccc2c(c1)OCCO2. The summed E-state index contributed by atoms with van der Waals surface area (Å²) in [6.45, 7) is 2.89. The number of hydrogen-bond acceptors (Lipinski definition) is 6. The topological polar surface area (TPSA) is 67.9 Å². The molecule has 2 aliphatic rings. The van der Waals surface area contributed by atoms with E-state index in [0.717, 1.165) is 25.1 Å². The van der Waals surface area contributed by atoms with Gasteiger partial charge in [0.25, 0.3) is 0 Å². The molecule has 0 unspecified atom stereocenters. The number of sulfonamides is 1. The van der Waals surface area contributed by atoms with Crippen LogP contribution in [0.1, 0.15) is 22.7 Å². The van der Waals surface area contributed by atoms with Crippen molar-refractivity contribution in [1.29, 1.82) is 0 Å². The Bertz CT molecular complexity index is 1160. The van der Waals surface area contributed by atoms with Gasteiger partial charge in [-0.1, -0.05) is 24.3 Å². The highest BCUT2D eigenvalue weighted by atomic mass is 32.2. The molecule has 0 saturated carbocycles. The Labute approximate surface area is 186 Å². The maximum atomic E-state index is 13.0. The second-order valence-electron chi connectivity index (χ2n) is 7.72. The largest absolute Gasteiger partial charge is 0.486 e. The van der Waals surface area contributed by atoms with Gasteiger partial charge in [-0.15, -0.1) is 0 Å². The lowest BCUT2D eigenvalue weighted by Crippen LogP contribution is -2.40. The van der Waals surface area contributed by atoms with E-state index < -0.39 is 10.0 Å². The molecule has 0 bridgehead atoms. The Hall–Kier alpha value is -2.39.